The Bertz CT molecular complexity index is 511. The van der Waals surface area contributed by atoms with Crippen molar-refractivity contribution in [3.63, 3.8) is 0 Å². The summed E-state index contributed by atoms with van der Waals surface area (Å²) in [4.78, 5) is 14.6. The number of amides is 1. The van der Waals surface area contributed by atoms with Gasteiger partial charge in [-0.05, 0) is 37.8 Å². The van der Waals surface area contributed by atoms with E-state index in [1.807, 2.05) is 20.0 Å². The number of nitrogens with two attached hydrogens (primary N) is 1. The fraction of sp³-hybridized carbons (Fsp3) is 0.562. The van der Waals surface area contributed by atoms with Gasteiger partial charge in [0, 0.05) is 26.7 Å². The molecule has 0 aromatic heterocycles. The van der Waals surface area contributed by atoms with E-state index in [4.69, 9.17) is 5.73 Å². The van der Waals surface area contributed by atoms with Gasteiger partial charge in [0.1, 0.15) is 0 Å². The van der Waals surface area contributed by atoms with Gasteiger partial charge in [0.15, 0.2) is 0 Å². The summed E-state index contributed by atoms with van der Waals surface area (Å²) in [6.07, 6.45) is 4.56. The van der Waals surface area contributed by atoms with Crippen molar-refractivity contribution in [2.24, 2.45) is 0 Å². The summed E-state index contributed by atoms with van der Waals surface area (Å²) in [6.45, 7) is 2.72. The molecule has 0 bridgehead atoms. The van der Waals surface area contributed by atoms with Gasteiger partial charge in [-0.15, -0.1) is 0 Å². The molecule has 0 heterocycles. The molecule has 0 atom stereocenters. The van der Waals surface area contributed by atoms with Crippen molar-refractivity contribution in [3.05, 3.63) is 17.7 Å². The van der Waals surface area contributed by atoms with Gasteiger partial charge < -0.3 is 21.3 Å². The number of hydrogen-bond donors (Lipinski definition) is 3. The molecule has 1 amide bonds. The summed E-state index contributed by atoms with van der Waals surface area (Å²) in [6, 6.07) is 4.28. The van der Waals surface area contributed by atoms with Crippen molar-refractivity contribution in [1.82, 2.24) is 5.32 Å². The summed E-state index contributed by atoms with van der Waals surface area (Å²) >= 11 is 0. The molecule has 0 unspecified atom stereocenters. The first-order valence-corrected chi connectivity index (χ1v) is 7.70. The molecule has 116 valence electrons. The standard InChI is InChI=1S/C16H26N4O/c1-4-8-19-16(21)12-9-13(17)14(18-2)10-15(12)20(3)11-6-5-7-11/h9-11,18H,4-8,17H2,1-3H3,(H,19,21). The zero-order valence-electron chi connectivity index (χ0n) is 13.2. The number of anilines is 3. The second-order valence-corrected chi connectivity index (χ2v) is 5.66. The zero-order valence-corrected chi connectivity index (χ0v) is 13.2. The fourth-order valence-corrected chi connectivity index (χ4v) is 2.60. The molecular formula is C16H26N4O. The molecule has 1 fully saturated rings. The Labute approximate surface area is 126 Å². The number of nitrogen functional groups attached to an aromatic ring is 1. The molecule has 0 spiro atoms. The number of nitrogens with zero attached hydrogens (tertiary/aromatic N) is 1. The van der Waals surface area contributed by atoms with Gasteiger partial charge in [-0.3, -0.25) is 4.79 Å². The topological polar surface area (TPSA) is 70.4 Å². The lowest BCUT2D eigenvalue weighted by atomic mass is 9.91. The molecule has 1 aliphatic carbocycles. The van der Waals surface area contributed by atoms with Gasteiger partial charge in [-0.2, -0.15) is 0 Å². The number of carbonyl (C=O) groups excluding carboxylic acids is 1. The quantitative estimate of drug-likeness (QED) is 0.704. The van der Waals surface area contributed by atoms with E-state index in [-0.39, 0.29) is 5.91 Å². The molecule has 4 N–H and O–H groups in total. The van der Waals surface area contributed by atoms with E-state index in [0.717, 1.165) is 17.8 Å². The number of benzene rings is 1. The van der Waals surface area contributed by atoms with Gasteiger partial charge in [0.25, 0.3) is 5.91 Å². The average molecular weight is 290 g/mol. The minimum Gasteiger partial charge on any atom is -0.397 e. The lowest BCUT2D eigenvalue weighted by molar-refractivity contribution is 0.0954. The monoisotopic (exact) mass is 290 g/mol. The van der Waals surface area contributed by atoms with E-state index in [2.05, 4.69) is 22.6 Å². The van der Waals surface area contributed by atoms with Crippen molar-refractivity contribution in [2.45, 2.75) is 38.6 Å². The molecule has 0 aliphatic heterocycles. The van der Waals surface area contributed by atoms with Crippen LogP contribution in [-0.2, 0) is 0 Å². The number of carbonyl (C=O) groups is 1. The minimum atomic E-state index is -0.0487. The molecule has 5 nitrogen and oxygen atoms in total. The Morgan fingerprint density at radius 2 is 2.14 bits per heavy atom. The normalized spacial score (nSPS) is 14.4. The lowest BCUT2D eigenvalue weighted by Gasteiger charge is -2.37. The van der Waals surface area contributed by atoms with Crippen molar-refractivity contribution in [1.29, 1.82) is 0 Å². The van der Waals surface area contributed by atoms with Crippen molar-refractivity contribution in [2.75, 3.05) is 36.6 Å². The third kappa shape index (κ3) is 3.23. The van der Waals surface area contributed by atoms with Gasteiger partial charge in [-0.25, -0.2) is 0 Å². The van der Waals surface area contributed by atoms with Crippen LogP contribution in [0.1, 0.15) is 43.0 Å². The maximum absolute atomic E-state index is 12.4. The number of hydrogen-bond acceptors (Lipinski definition) is 4. The van der Waals surface area contributed by atoms with Gasteiger partial charge in [0.2, 0.25) is 0 Å². The summed E-state index contributed by atoms with van der Waals surface area (Å²) < 4.78 is 0. The summed E-state index contributed by atoms with van der Waals surface area (Å²) in [5.41, 5.74) is 9.11. The highest BCUT2D eigenvalue weighted by Gasteiger charge is 2.26. The molecular weight excluding hydrogens is 264 g/mol. The van der Waals surface area contributed by atoms with E-state index >= 15 is 0 Å². The van der Waals surface area contributed by atoms with Gasteiger partial charge >= 0.3 is 0 Å². The SMILES string of the molecule is CCCNC(=O)c1cc(N)c(NC)cc1N(C)C1CCC1. The first-order chi connectivity index (χ1) is 10.1. The summed E-state index contributed by atoms with van der Waals surface area (Å²) in [7, 11) is 3.90. The molecule has 1 saturated carbocycles. The lowest BCUT2D eigenvalue weighted by Crippen LogP contribution is -2.38. The second-order valence-electron chi connectivity index (χ2n) is 5.66. The van der Waals surface area contributed by atoms with Crippen LogP contribution in [0.15, 0.2) is 12.1 Å². The smallest absolute Gasteiger partial charge is 0.253 e. The first kappa shape index (κ1) is 15.5. The van der Waals surface area contributed by atoms with E-state index < -0.39 is 0 Å². The highest BCUT2D eigenvalue weighted by Crippen LogP contribution is 2.34. The number of rotatable bonds is 6. The third-order valence-electron chi connectivity index (χ3n) is 4.22. The molecule has 21 heavy (non-hydrogen) atoms. The first-order valence-electron chi connectivity index (χ1n) is 7.70. The molecule has 1 aromatic rings. The maximum atomic E-state index is 12.4. The highest BCUT2D eigenvalue weighted by molar-refractivity contribution is 6.02. The Balaban J connectivity index is 2.35. The van der Waals surface area contributed by atoms with Crippen molar-refractivity contribution < 1.29 is 4.79 Å². The van der Waals surface area contributed by atoms with Crippen LogP contribution in [-0.4, -0.2) is 32.6 Å². The maximum Gasteiger partial charge on any atom is 0.253 e. The Kier molecular flexibility index (Phi) is 4.94. The molecule has 2 rings (SSSR count). The van der Waals surface area contributed by atoms with Crippen LogP contribution in [0, 0.1) is 0 Å². The Morgan fingerprint density at radius 1 is 1.43 bits per heavy atom. The predicted molar refractivity (Wildman–Crippen MR) is 89.1 cm³/mol. The molecule has 0 saturated heterocycles. The Morgan fingerprint density at radius 3 is 2.67 bits per heavy atom. The largest absolute Gasteiger partial charge is 0.397 e. The highest BCUT2D eigenvalue weighted by atomic mass is 16.1. The van der Waals surface area contributed by atoms with E-state index in [1.165, 1.54) is 19.3 Å². The minimum absolute atomic E-state index is 0.0487. The fourth-order valence-electron chi connectivity index (χ4n) is 2.60. The van der Waals surface area contributed by atoms with Crippen LogP contribution >= 0.6 is 0 Å². The van der Waals surface area contributed by atoms with Crippen LogP contribution < -0.4 is 21.3 Å². The van der Waals surface area contributed by atoms with Gasteiger partial charge in [-0.1, -0.05) is 6.92 Å². The van der Waals surface area contributed by atoms with Crippen LogP contribution in [0.3, 0.4) is 0 Å². The van der Waals surface area contributed by atoms with Gasteiger partial charge in [0.05, 0.1) is 22.6 Å². The van der Waals surface area contributed by atoms with Crippen molar-refractivity contribution >= 4 is 23.0 Å². The molecule has 1 aromatic carbocycles. The molecule has 1 aliphatic rings. The van der Waals surface area contributed by atoms with Crippen LogP contribution in [0.2, 0.25) is 0 Å². The van der Waals surface area contributed by atoms with Crippen molar-refractivity contribution in [3.8, 4) is 0 Å². The number of nitrogens with one attached hydrogen (secondary N) is 2. The average Bonchev–Trinajstić information content (AvgIpc) is 2.42. The third-order valence-corrected chi connectivity index (χ3v) is 4.22. The van der Waals surface area contributed by atoms with Crippen LogP contribution in [0.25, 0.3) is 0 Å². The summed E-state index contributed by atoms with van der Waals surface area (Å²) in [5, 5.41) is 6.03. The molecule has 5 heteroatoms. The van der Waals surface area contributed by atoms with E-state index in [0.29, 0.717) is 23.8 Å². The second kappa shape index (κ2) is 6.70. The predicted octanol–water partition coefficient (Wildman–Crippen LogP) is 2.44. The zero-order chi connectivity index (χ0) is 15.4. The molecule has 0 radical (unpaired) electrons. The van der Waals surface area contributed by atoms with E-state index in [9.17, 15) is 4.79 Å². The summed E-state index contributed by atoms with van der Waals surface area (Å²) in [5.74, 6) is -0.0487. The Hall–Kier alpha value is -1.91. The van der Waals surface area contributed by atoms with Crippen LogP contribution in [0.5, 0.6) is 0 Å². The van der Waals surface area contributed by atoms with Crippen LogP contribution in [0.4, 0.5) is 17.1 Å². The van der Waals surface area contributed by atoms with E-state index in [1.54, 1.807) is 6.07 Å².